The van der Waals surface area contributed by atoms with Gasteiger partial charge in [0.1, 0.15) is 17.4 Å². The number of hydrogen-bond acceptors (Lipinski definition) is 3. The molecule has 146 valence electrons. The van der Waals surface area contributed by atoms with E-state index >= 15 is 0 Å². The highest BCUT2D eigenvalue weighted by Gasteiger charge is 2.16. The number of amides is 1. The molecule has 0 bridgehead atoms. The Morgan fingerprint density at radius 3 is 2.55 bits per heavy atom. The van der Waals surface area contributed by atoms with Crippen molar-refractivity contribution in [2.45, 2.75) is 13.8 Å². The summed E-state index contributed by atoms with van der Waals surface area (Å²) in [5.41, 5.74) is 4.28. The van der Waals surface area contributed by atoms with Crippen LogP contribution in [0.25, 0.3) is 11.8 Å². The van der Waals surface area contributed by atoms with E-state index in [2.05, 4.69) is 25.8 Å². The summed E-state index contributed by atoms with van der Waals surface area (Å²) in [6.45, 7) is 3.95. The molecule has 3 aromatic rings. The van der Waals surface area contributed by atoms with E-state index in [4.69, 9.17) is 4.74 Å². The van der Waals surface area contributed by atoms with Crippen LogP contribution in [0.3, 0.4) is 0 Å². The van der Waals surface area contributed by atoms with Crippen LogP contribution in [0.4, 0.5) is 5.69 Å². The average Bonchev–Trinajstić information content (AvgIpc) is 3.00. The van der Waals surface area contributed by atoms with Crippen molar-refractivity contribution in [2.24, 2.45) is 0 Å². The first-order valence-corrected chi connectivity index (χ1v) is 9.75. The molecule has 0 saturated carbocycles. The van der Waals surface area contributed by atoms with E-state index < -0.39 is 5.91 Å². The Morgan fingerprint density at radius 1 is 1.17 bits per heavy atom. The number of carbonyl (C=O) groups is 1. The van der Waals surface area contributed by atoms with Gasteiger partial charge in [-0.15, -0.1) is 0 Å². The van der Waals surface area contributed by atoms with Gasteiger partial charge in [0.05, 0.1) is 18.5 Å². The summed E-state index contributed by atoms with van der Waals surface area (Å²) >= 11 is 3.58. The normalized spacial score (nSPS) is 11.1. The Bertz CT molecular complexity index is 1140. The maximum Gasteiger partial charge on any atom is 0.266 e. The number of halogens is 1. The van der Waals surface area contributed by atoms with E-state index in [1.807, 2.05) is 56.3 Å². The van der Waals surface area contributed by atoms with Gasteiger partial charge in [0.15, 0.2) is 0 Å². The minimum Gasteiger partial charge on any atom is -0.495 e. The SMILES string of the molecule is COc1ccccc1NC(=O)/C(C#N)=C\c1cc(C)n(-c2ccccc2Br)c1C. The molecule has 0 saturated heterocycles. The highest BCUT2D eigenvalue weighted by Crippen LogP contribution is 2.28. The lowest BCUT2D eigenvalue weighted by Crippen LogP contribution is -2.14. The number of carbonyl (C=O) groups excluding carboxylic acids is 1. The van der Waals surface area contributed by atoms with Crippen molar-refractivity contribution in [3.63, 3.8) is 0 Å². The number of methoxy groups -OCH3 is 1. The first-order valence-electron chi connectivity index (χ1n) is 8.96. The number of hydrogen-bond donors (Lipinski definition) is 1. The van der Waals surface area contributed by atoms with Gasteiger partial charge in [-0.3, -0.25) is 4.79 Å². The zero-order valence-electron chi connectivity index (χ0n) is 16.4. The number of rotatable bonds is 5. The third-order valence-electron chi connectivity index (χ3n) is 4.58. The summed E-state index contributed by atoms with van der Waals surface area (Å²) < 4.78 is 8.30. The average molecular weight is 450 g/mol. The molecule has 1 aromatic heterocycles. The Labute approximate surface area is 178 Å². The molecular weight excluding hydrogens is 430 g/mol. The van der Waals surface area contributed by atoms with Crippen LogP contribution in [0.2, 0.25) is 0 Å². The van der Waals surface area contributed by atoms with Crippen LogP contribution in [-0.4, -0.2) is 17.6 Å². The highest BCUT2D eigenvalue weighted by atomic mass is 79.9. The summed E-state index contributed by atoms with van der Waals surface area (Å²) in [7, 11) is 1.53. The van der Waals surface area contributed by atoms with Gasteiger partial charge in [0.25, 0.3) is 5.91 Å². The monoisotopic (exact) mass is 449 g/mol. The number of benzene rings is 2. The largest absolute Gasteiger partial charge is 0.495 e. The molecule has 0 radical (unpaired) electrons. The Kier molecular flexibility index (Phi) is 6.20. The summed E-state index contributed by atoms with van der Waals surface area (Å²) in [6, 6.07) is 19.0. The fraction of sp³-hybridized carbons (Fsp3) is 0.130. The van der Waals surface area contributed by atoms with Crippen LogP contribution in [0, 0.1) is 25.2 Å². The summed E-state index contributed by atoms with van der Waals surface area (Å²) in [4.78, 5) is 12.7. The molecule has 0 aliphatic carbocycles. The second-order valence-corrected chi connectivity index (χ2v) is 7.29. The fourth-order valence-electron chi connectivity index (χ4n) is 3.18. The molecule has 3 rings (SSSR count). The van der Waals surface area contributed by atoms with Gasteiger partial charge in [-0.05, 0) is 71.7 Å². The van der Waals surface area contributed by atoms with Crippen molar-refractivity contribution in [1.82, 2.24) is 4.57 Å². The topological polar surface area (TPSA) is 67.0 Å². The third-order valence-corrected chi connectivity index (χ3v) is 5.25. The summed E-state index contributed by atoms with van der Waals surface area (Å²) in [5.74, 6) is 0.0490. The molecule has 1 heterocycles. The zero-order valence-corrected chi connectivity index (χ0v) is 17.9. The van der Waals surface area contributed by atoms with Crippen molar-refractivity contribution in [3.8, 4) is 17.5 Å². The number of para-hydroxylation sites is 3. The number of aryl methyl sites for hydroxylation is 1. The van der Waals surface area contributed by atoms with E-state index in [0.29, 0.717) is 11.4 Å². The molecule has 2 aromatic carbocycles. The van der Waals surface area contributed by atoms with Crippen LogP contribution in [0.5, 0.6) is 5.75 Å². The van der Waals surface area contributed by atoms with Gasteiger partial charge in [-0.1, -0.05) is 24.3 Å². The van der Waals surface area contributed by atoms with Gasteiger partial charge in [0.2, 0.25) is 0 Å². The van der Waals surface area contributed by atoms with Crippen molar-refractivity contribution >= 4 is 33.6 Å². The Hall–Kier alpha value is -3.30. The van der Waals surface area contributed by atoms with Gasteiger partial charge in [0, 0.05) is 15.9 Å². The van der Waals surface area contributed by atoms with Crippen LogP contribution in [0.15, 0.2) is 64.6 Å². The van der Waals surface area contributed by atoms with E-state index in [0.717, 1.165) is 27.1 Å². The highest BCUT2D eigenvalue weighted by molar-refractivity contribution is 9.10. The van der Waals surface area contributed by atoms with Crippen LogP contribution in [0.1, 0.15) is 17.0 Å². The standard InChI is InChI=1S/C23H20BrN3O2/c1-15-12-17(16(2)27(15)21-10-6-4-8-19(21)24)13-18(14-25)23(28)26-20-9-5-7-11-22(20)29-3/h4-13H,1-3H3,(H,26,28)/b18-13-. The molecule has 5 nitrogen and oxygen atoms in total. The predicted octanol–water partition coefficient (Wildman–Crippen LogP) is 5.41. The molecule has 29 heavy (non-hydrogen) atoms. The second kappa shape index (κ2) is 8.80. The Morgan fingerprint density at radius 2 is 1.86 bits per heavy atom. The van der Waals surface area contributed by atoms with E-state index in [1.165, 1.54) is 7.11 Å². The molecule has 0 fully saturated rings. The molecule has 1 N–H and O–H groups in total. The number of nitriles is 1. The maximum absolute atomic E-state index is 12.7. The number of nitrogens with zero attached hydrogens (tertiary/aromatic N) is 2. The van der Waals surface area contributed by atoms with Crippen molar-refractivity contribution in [2.75, 3.05) is 12.4 Å². The van der Waals surface area contributed by atoms with E-state index in [1.54, 1.807) is 24.3 Å². The fourth-order valence-corrected chi connectivity index (χ4v) is 3.64. The molecule has 0 atom stereocenters. The summed E-state index contributed by atoms with van der Waals surface area (Å²) in [5, 5.41) is 12.3. The number of nitrogens with one attached hydrogen (secondary N) is 1. The van der Waals surface area contributed by atoms with Gasteiger partial charge in [-0.25, -0.2) is 0 Å². The van der Waals surface area contributed by atoms with E-state index in [9.17, 15) is 10.1 Å². The lowest BCUT2D eigenvalue weighted by atomic mass is 10.1. The van der Waals surface area contributed by atoms with Gasteiger partial charge >= 0.3 is 0 Å². The quantitative estimate of drug-likeness (QED) is 0.418. The second-order valence-electron chi connectivity index (χ2n) is 6.44. The lowest BCUT2D eigenvalue weighted by Gasteiger charge is -2.11. The molecule has 1 amide bonds. The first kappa shape index (κ1) is 20.4. The predicted molar refractivity (Wildman–Crippen MR) is 118 cm³/mol. The van der Waals surface area contributed by atoms with Crippen LogP contribution < -0.4 is 10.1 Å². The van der Waals surface area contributed by atoms with Crippen molar-refractivity contribution in [3.05, 3.63) is 81.6 Å². The third kappa shape index (κ3) is 4.25. The Balaban J connectivity index is 1.96. The van der Waals surface area contributed by atoms with E-state index in [-0.39, 0.29) is 5.57 Å². The minimum absolute atomic E-state index is 0.0169. The van der Waals surface area contributed by atoms with Crippen LogP contribution in [-0.2, 0) is 4.79 Å². The summed E-state index contributed by atoms with van der Waals surface area (Å²) in [6.07, 6.45) is 1.61. The molecule has 0 aliphatic rings. The van der Waals surface area contributed by atoms with Crippen LogP contribution >= 0.6 is 15.9 Å². The number of ether oxygens (including phenoxy) is 1. The van der Waals surface area contributed by atoms with Gasteiger partial charge in [-0.2, -0.15) is 5.26 Å². The first-order chi connectivity index (χ1) is 14.0. The smallest absolute Gasteiger partial charge is 0.266 e. The minimum atomic E-state index is -0.484. The number of anilines is 1. The van der Waals surface area contributed by atoms with Gasteiger partial charge < -0.3 is 14.6 Å². The molecule has 6 heteroatoms. The molecule has 0 spiro atoms. The number of aromatic nitrogens is 1. The lowest BCUT2D eigenvalue weighted by molar-refractivity contribution is -0.112. The molecular formula is C23H20BrN3O2. The molecule has 0 aliphatic heterocycles. The molecule has 0 unspecified atom stereocenters. The zero-order chi connectivity index (χ0) is 21.0. The van der Waals surface area contributed by atoms with Crippen molar-refractivity contribution in [1.29, 1.82) is 5.26 Å². The maximum atomic E-state index is 12.7. The van der Waals surface area contributed by atoms with Crippen molar-refractivity contribution < 1.29 is 9.53 Å².